The van der Waals surface area contributed by atoms with Crippen molar-refractivity contribution in [3.05, 3.63) is 70.7 Å². The number of carbonyl (C=O) groups excluding carboxylic acids is 1. The van der Waals surface area contributed by atoms with Crippen LogP contribution in [0.2, 0.25) is 0 Å². The van der Waals surface area contributed by atoms with Crippen LogP contribution in [0.1, 0.15) is 60.3 Å². The molecule has 0 spiro atoms. The summed E-state index contributed by atoms with van der Waals surface area (Å²) in [7, 11) is 0. The molecular weight excluding hydrogens is 452 g/mol. The molecule has 0 aliphatic carbocycles. The highest BCUT2D eigenvalue weighted by Crippen LogP contribution is 2.38. The van der Waals surface area contributed by atoms with Gasteiger partial charge < -0.3 is 9.64 Å². The van der Waals surface area contributed by atoms with Gasteiger partial charge in [-0.25, -0.2) is 0 Å². The van der Waals surface area contributed by atoms with Crippen molar-refractivity contribution in [3.8, 4) is 0 Å². The molecule has 0 aromatic rings. The highest BCUT2D eigenvalue weighted by Gasteiger charge is 2.30. The van der Waals surface area contributed by atoms with Crippen LogP contribution < -0.4 is 0 Å². The van der Waals surface area contributed by atoms with Crippen LogP contribution in [-0.4, -0.2) is 41.3 Å². The lowest BCUT2D eigenvalue weighted by Crippen LogP contribution is -2.35. The van der Waals surface area contributed by atoms with Gasteiger partial charge in [0.1, 0.15) is 0 Å². The first kappa shape index (κ1) is 29.2. The van der Waals surface area contributed by atoms with Crippen LogP contribution in [0.25, 0.3) is 0 Å². The van der Waals surface area contributed by atoms with Crippen molar-refractivity contribution < 1.29 is 9.53 Å². The summed E-state index contributed by atoms with van der Waals surface area (Å²) in [5.41, 5.74) is 2.57. The van der Waals surface area contributed by atoms with Gasteiger partial charge in [0.2, 0.25) is 0 Å². The molecule has 0 aromatic heterocycles. The number of hydrogen-bond acceptors (Lipinski definition) is 4. The number of nitrogens with zero attached hydrogens (tertiary/aromatic N) is 2. The Kier molecular flexibility index (Phi) is 12.8. The Labute approximate surface area is 209 Å². The highest BCUT2D eigenvalue weighted by molar-refractivity contribution is 8.18. The zero-order valence-electron chi connectivity index (χ0n) is 20.9. The van der Waals surface area contributed by atoms with Crippen LogP contribution in [-0.2, 0) is 9.53 Å². The highest BCUT2D eigenvalue weighted by atomic mass is 35.5. The maximum Gasteiger partial charge on any atom is 0.286 e. The van der Waals surface area contributed by atoms with Gasteiger partial charge in [0.15, 0.2) is 5.17 Å². The third kappa shape index (κ3) is 8.47. The molecule has 0 bridgehead atoms. The minimum atomic E-state index is -0.472. The van der Waals surface area contributed by atoms with E-state index < -0.39 is 5.60 Å². The lowest BCUT2D eigenvalue weighted by Gasteiger charge is -2.30. The Morgan fingerprint density at radius 3 is 2.45 bits per heavy atom. The fourth-order valence-corrected chi connectivity index (χ4v) is 4.73. The monoisotopic (exact) mass is 490 g/mol. The van der Waals surface area contributed by atoms with Gasteiger partial charge in [-0.1, -0.05) is 56.7 Å². The third-order valence-electron chi connectivity index (χ3n) is 5.49. The maximum absolute atomic E-state index is 13.1. The van der Waals surface area contributed by atoms with E-state index in [1.807, 2.05) is 32.1 Å². The summed E-state index contributed by atoms with van der Waals surface area (Å²) in [6.07, 6.45) is 10.5. The summed E-state index contributed by atoms with van der Waals surface area (Å²) in [5, 5.41) is 1.39. The Hall–Kier alpha value is -1.82. The van der Waals surface area contributed by atoms with Crippen molar-refractivity contribution in [3.63, 3.8) is 0 Å². The number of allylic oxidation sites excluding steroid dienone is 6. The molecule has 0 saturated carbocycles. The van der Waals surface area contributed by atoms with Crippen LogP contribution >= 0.6 is 23.4 Å². The van der Waals surface area contributed by atoms with E-state index in [1.54, 1.807) is 6.08 Å². The first-order chi connectivity index (χ1) is 15.7. The minimum absolute atomic E-state index is 0.191. The molecular formula is C27H39ClN2O2S. The van der Waals surface area contributed by atoms with Crippen molar-refractivity contribution in [2.45, 2.75) is 65.9 Å². The van der Waals surface area contributed by atoms with Crippen LogP contribution in [0, 0.1) is 0 Å². The molecule has 1 rings (SSSR count). The van der Waals surface area contributed by atoms with E-state index in [9.17, 15) is 4.79 Å². The number of rotatable bonds is 14. The van der Waals surface area contributed by atoms with Gasteiger partial charge >= 0.3 is 0 Å². The zero-order chi connectivity index (χ0) is 25.0. The average molecular weight is 491 g/mol. The molecule has 0 saturated heterocycles. The number of hydrogen-bond donors (Lipinski definition) is 0. The molecule has 1 amide bonds. The summed E-state index contributed by atoms with van der Waals surface area (Å²) >= 11 is 7.72. The number of thioether (sulfide) groups is 1. The van der Waals surface area contributed by atoms with Gasteiger partial charge in [0.05, 0.1) is 17.1 Å². The van der Waals surface area contributed by atoms with Crippen molar-refractivity contribution in [1.29, 1.82) is 0 Å². The molecule has 4 nitrogen and oxygen atoms in total. The predicted molar refractivity (Wildman–Crippen MR) is 146 cm³/mol. The van der Waals surface area contributed by atoms with Crippen LogP contribution in [0.4, 0.5) is 0 Å². The van der Waals surface area contributed by atoms with E-state index in [0.717, 1.165) is 54.1 Å². The number of aliphatic imine (C=N–C) groups is 1. The first-order valence-corrected chi connectivity index (χ1v) is 12.8. The minimum Gasteiger partial charge on any atom is -0.367 e. The predicted octanol–water partition coefficient (Wildman–Crippen LogP) is 7.56. The topological polar surface area (TPSA) is 41.9 Å². The van der Waals surface area contributed by atoms with E-state index in [2.05, 4.69) is 50.4 Å². The van der Waals surface area contributed by atoms with Crippen molar-refractivity contribution in [2.75, 3.05) is 19.7 Å². The largest absolute Gasteiger partial charge is 0.367 e. The maximum atomic E-state index is 13.1. The molecule has 6 heteroatoms. The van der Waals surface area contributed by atoms with Gasteiger partial charge in [-0.05, 0) is 74.6 Å². The molecule has 0 N–H and O–H groups in total. The van der Waals surface area contributed by atoms with Gasteiger partial charge in [-0.3, -0.25) is 4.79 Å². The summed E-state index contributed by atoms with van der Waals surface area (Å²) < 4.78 is 5.90. The summed E-state index contributed by atoms with van der Waals surface area (Å²) in [6.45, 7) is 23.6. The number of ether oxygens (including phenoxy) is 1. The fraction of sp³-hybridized carbons (Fsp3) is 0.481. The quantitative estimate of drug-likeness (QED) is 0.143. The zero-order valence-corrected chi connectivity index (χ0v) is 22.5. The molecule has 182 valence electrons. The SMILES string of the molecule is C=CCOC(C)(C=C)CCN(CC)C1=NC(=O)/C(=C(CCC)/C(/C=C(\C)Cl)=C(/C=C)CC)S1. The number of carbonyl (C=O) groups is 1. The van der Waals surface area contributed by atoms with Crippen molar-refractivity contribution in [2.24, 2.45) is 4.99 Å². The Bertz CT molecular complexity index is 865. The fourth-order valence-electron chi connectivity index (χ4n) is 3.49. The third-order valence-corrected chi connectivity index (χ3v) is 6.76. The van der Waals surface area contributed by atoms with Crippen LogP contribution in [0.15, 0.2) is 75.7 Å². The molecule has 0 aromatic carbocycles. The van der Waals surface area contributed by atoms with E-state index in [-0.39, 0.29) is 5.91 Å². The summed E-state index contributed by atoms with van der Waals surface area (Å²) in [5.74, 6) is -0.191. The normalized spacial score (nSPS) is 18.3. The molecule has 1 aliphatic rings. The van der Waals surface area contributed by atoms with Gasteiger partial charge in [0.25, 0.3) is 5.91 Å². The smallest absolute Gasteiger partial charge is 0.286 e. The summed E-state index contributed by atoms with van der Waals surface area (Å²) in [6, 6.07) is 0. The lowest BCUT2D eigenvalue weighted by molar-refractivity contribution is -0.113. The molecule has 1 aliphatic heterocycles. The van der Waals surface area contributed by atoms with Gasteiger partial charge in [0, 0.05) is 18.1 Å². The lowest BCUT2D eigenvalue weighted by atomic mass is 9.93. The molecule has 1 atom stereocenters. The standard InChI is InChI=1S/C27H39ClN2O2S/c1-9-15-22(23(19-20(7)28)21(11-3)12-4)24-25(31)29-26(33-24)30(14-6)17-16-27(8,13-5)32-18-10-2/h10-11,13,19H,2-3,5,9,12,14-18H2,1,4,6-8H3/b20-19+,23-21-,24-22-. The second-order valence-electron chi connectivity index (χ2n) is 8.03. The van der Waals surface area contributed by atoms with E-state index >= 15 is 0 Å². The Morgan fingerprint density at radius 1 is 1.27 bits per heavy atom. The van der Waals surface area contributed by atoms with Gasteiger partial charge in [-0.15, -0.1) is 13.2 Å². The Balaban J connectivity index is 3.30. The van der Waals surface area contributed by atoms with Crippen molar-refractivity contribution >= 4 is 34.4 Å². The van der Waals surface area contributed by atoms with Gasteiger partial charge in [-0.2, -0.15) is 4.99 Å². The molecule has 0 radical (unpaired) electrons. The number of amides is 1. The summed E-state index contributed by atoms with van der Waals surface area (Å²) in [4.78, 5) is 20.3. The Morgan fingerprint density at radius 2 is 1.97 bits per heavy atom. The van der Waals surface area contributed by atoms with E-state index in [4.69, 9.17) is 16.3 Å². The first-order valence-electron chi connectivity index (χ1n) is 11.6. The van der Waals surface area contributed by atoms with Crippen molar-refractivity contribution in [1.82, 2.24) is 4.90 Å². The average Bonchev–Trinajstić information content (AvgIpc) is 3.17. The van der Waals surface area contributed by atoms with Crippen LogP contribution in [0.3, 0.4) is 0 Å². The van der Waals surface area contributed by atoms with E-state index in [0.29, 0.717) is 23.1 Å². The second kappa shape index (κ2) is 14.4. The molecule has 1 unspecified atom stereocenters. The van der Waals surface area contributed by atoms with E-state index in [1.165, 1.54) is 11.8 Å². The number of amidine groups is 1. The molecule has 33 heavy (non-hydrogen) atoms. The second-order valence-corrected chi connectivity index (χ2v) is 9.61. The number of halogens is 1. The molecule has 1 heterocycles. The van der Waals surface area contributed by atoms with Crippen LogP contribution in [0.5, 0.6) is 0 Å². The molecule has 0 fully saturated rings.